The van der Waals surface area contributed by atoms with Gasteiger partial charge in [-0.2, -0.15) is 0 Å². The van der Waals surface area contributed by atoms with Crippen molar-refractivity contribution in [2.45, 2.75) is 20.8 Å². The summed E-state index contributed by atoms with van der Waals surface area (Å²) in [5.41, 5.74) is 5.20. The van der Waals surface area contributed by atoms with Crippen molar-refractivity contribution in [3.63, 3.8) is 0 Å². The second kappa shape index (κ2) is 5.27. The van der Waals surface area contributed by atoms with E-state index in [-0.39, 0.29) is 12.5 Å². The van der Waals surface area contributed by atoms with Crippen molar-refractivity contribution in [1.29, 1.82) is 0 Å². The summed E-state index contributed by atoms with van der Waals surface area (Å²) in [6.07, 6.45) is 0. The Balaban J connectivity index is 3.09. The van der Waals surface area contributed by atoms with Crippen molar-refractivity contribution in [2.24, 2.45) is 11.1 Å². The molecule has 17 heavy (non-hydrogen) atoms. The van der Waals surface area contributed by atoms with E-state index in [4.69, 9.17) is 5.73 Å². The topological polar surface area (TPSA) is 46.3 Å². The van der Waals surface area contributed by atoms with E-state index in [9.17, 15) is 9.18 Å². The summed E-state index contributed by atoms with van der Waals surface area (Å²) in [5.74, 6) is -0.553. The van der Waals surface area contributed by atoms with Crippen molar-refractivity contribution in [3.8, 4) is 0 Å². The first kappa shape index (κ1) is 13.6. The van der Waals surface area contributed by atoms with Gasteiger partial charge in [0, 0.05) is 13.1 Å². The molecule has 0 aliphatic heterocycles. The number of hydrogen-bond donors (Lipinski definition) is 1. The standard InChI is InChI=1S/C13H19FN2O/c1-4-16(12(17)13(2,3)9-15)11-8-6-5-7-10(11)14/h5-8H,4,9,15H2,1-3H3. The fourth-order valence-corrected chi connectivity index (χ4v) is 1.55. The molecule has 0 aromatic heterocycles. The lowest BCUT2D eigenvalue weighted by atomic mass is 9.91. The zero-order valence-electron chi connectivity index (χ0n) is 10.5. The van der Waals surface area contributed by atoms with E-state index in [2.05, 4.69) is 0 Å². The van der Waals surface area contributed by atoms with Gasteiger partial charge in [-0.25, -0.2) is 4.39 Å². The highest BCUT2D eigenvalue weighted by molar-refractivity contribution is 5.97. The van der Waals surface area contributed by atoms with Gasteiger partial charge in [0.2, 0.25) is 5.91 Å². The first-order valence-corrected chi connectivity index (χ1v) is 5.70. The van der Waals surface area contributed by atoms with Gasteiger partial charge >= 0.3 is 0 Å². The molecule has 1 aromatic rings. The molecule has 0 aliphatic rings. The Morgan fingerprint density at radius 1 is 1.41 bits per heavy atom. The van der Waals surface area contributed by atoms with Crippen LogP contribution in [0.5, 0.6) is 0 Å². The maximum absolute atomic E-state index is 13.7. The molecule has 0 bridgehead atoms. The number of benzene rings is 1. The number of halogens is 1. The van der Waals surface area contributed by atoms with Gasteiger partial charge in [-0.3, -0.25) is 4.79 Å². The van der Waals surface area contributed by atoms with Crippen molar-refractivity contribution in [3.05, 3.63) is 30.1 Å². The molecule has 3 nitrogen and oxygen atoms in total. The van der Waals surface area contributed by atoms with Gasteiger partial charge in [0.15, 0.2) is 0 Å². The van der Waals surface area contributed by atoms with Gasteiger partial charge in [0.1, 0.15) is 5.82 Å². The van der Waals surface area contributed by atoms with E-state index >= 15 is 0 Å². The summed E-state index contributed by atoms with van der Waals surface area (Å²) in [6.45, 7) is 5.99. The van der Waals surface area contributed by atoms with Crippen molar-refractivity contribution in [2.75, 3.05) is 18.0 Å². The van der Waals surface area contributed by atoms with Gasteiger partial charge in [-0.05, 0) is 32.9 Å². The minimum Gasteiger partial charge on any atom is -0.329 e. The minimum atomic E-state index is -0.682. The van der Waals surface area contributed by atoms with E-state index in [1.165, 1.54) is 11.0 Å². The van der Waals surface area contributed by atoms with Gasteiger partial charge in [0.05, 0.1) is 11.1 Å². The van der Waals surface area contributed by atoms with Crippen LogP contribution in [0.25, 0.3) is 0 Å². The van der Waals surface area contributed by atoms with Gasteiger partial charge < -0.3 is 10.6 Å². The molecule has 0 saturated heterocycles. The van der Waals surface area contributed by atoms with Gasteiger partial charge in [-0.15, -0.1) is 0 Å². The summed E-state index contributed by atoms with van der Waals surface area (Å²) < 4.78 is 13.7. The van der Waals surface area contributed by atoms with Crippen LogP contribution in [0.4, 0.5) is 10.1 Å². The van der Waals surface area contributed by atoms with Crippen molar-refractivity contribution in [1.82, 2.24) is 0 Å². The quantitative estimate of drug-likeness (QED) is 0.873. The van der Waals surface area contributed by atoms with Crippen molar-refractivity contribution < 1.29 is 9.18 Å². The number of nitrogens with zero attached hydrogens (tertiary/aromatic N) is 1. The molecule has 4 heteroatoms. The zero-order valence-corrected chi connectivity index (χ0v) is 10.5. The lowest BCUT2D eigenvalue weighted by molar-refractivity contribution is -0.126. The third-order valence-corrected chi connectivity index (χ3v) is 2.79. The number of para-hydroxylation sites is 1. The molecule has 2 N–H and O–H groups in total. The number of anilines is 1. The Kier molecular flexibility index (Phi) is 4.23. The van der Waals surface area contributed by atoms with E-state index in [1.807, 2.05) is 6.92 Å². The normalized spacial score (nSPS) is 11.4. The van der Waals surface area contributed by atoms with Crippen LogP contribution in [-0.4, -0.2) is 19.0 Å². The Morgan fingerprint density at radius 3 is 2.47 bits per heavy atom. The molecule has 1 amide bonds. The zero-order chi connectivity index (χ0) is 13.1. The number of nitrogens with two attached hydrogens (primary N) is 1. The second-order valence-corrected chi connectivity index (χ2v) is 4.59. The highest BCUT2D eigenvalue weighted by atomic mass is 19.1. The molecule has 0 atom stereocenters. The van der Waals surface area contributed by atoms with Crippen LogP contribution in [0.1, 0.15) is 20.8 Å². The van der Waals surface area contributed by atoms with Crippen LogP contribution in [-0.2, 0) is 4.79 Å². The van der Waals surface area contributed by atoms with E-state index in [0.717, 1.165) is 0 Å². The van der Waals surface area contributed by atoms with Crippen LogP contribution in [0.3, 0.4) is 0 Å². The van der Waals surface area contributed by atoms with Gasteiger partial charge in [-0.1, -0.05) is 12.1 Å². The predicted molar refractivity (Wildman–Crippen MR) is 67.3 cm³/mol. The summed E-state index contributed by atoms with van der Waals surface area (Å²) in [4.78, 5) is 13.7. The summed E-state index contributed by atoms with van der Waals surface area (Å²) in [6, 6.07) is 6.26. The van der Waals surface area contributed by atoms with E-state index in [0.29, 0.717) is 12.2 Å². The molecule has 0 spiro atoms. The SMILES string of the molecule is CCN(C(=O)C(C)(C)CN)c1ccccc1F. The Bertz CT molecular complexity index is 404. The average Bonchev–Trinajstić information content (AvgIpc) is 2.32. The summed E-state index contributed by atoms with van der Waals surface area (Å²) in [7, 11) is 0. The molecular formula is C13H19FN2O. The molecule has 1 aromatic carbocycles. The van der Waals surface area contributed by atoms with E-state index < -0.39 is 11.2 Å². The number of carbonyl (C=O) groups excluding carboxylic acids is 1. The van der Waals surface area contributed by atoms with Crippen LogP contribution >= 0.6 is 0 Å². The molecule has 0 fully saturated rings. The number of carbonyl (C=O) groups is 1. The van der Waals surface area contributed by atoms with Crippen LogP contribution in [0.15, 0.2) is 24.3 Å². The molecule has 0 unspecified atom stereocenters. The summed E-state index contributed by atoms with van der Waals surface area (Å²) >= 11 is 0. The average molecular weight is 238 g/mol. The third-order valence-electron chi connectivity index (χ3n) is 2.79. The number of amides is 1. The minimum absolute atomic E-state index is 0.160. The number of rotatable bonds is 4. The Hall–Kier alpha value is -1.42. The molecule has 0 saturated carbocycles. The maximum Gasteiger partial charge on any atom is 0.233 e. The fourth-order valence-electron chi connectivity index (χ4n) is 1.55. The molecule has 0 radical (unpaired) electrons. The van der Waals surface area contributed by atoms with Crippen molar-refractivity contribution >= 4 is 11.6 Å². The largest absolute Gasteiger partial charge is 0.329 e. The monoisotopic (exact) mass is 238 g/mol. The maximum atomic E-state index is 13.7. The molecule has 1 rings (SSSR count). The Morgan fingerprint density at radius 2 is 2.00 bits per heavy atom. The molecular weight excluding hydrogens is 219 g/mol. The lowest BCUT2D eigenvalue weighted by Crippen LogP contribution is -2.45. The molecule has 0 heterocycles. The lowest BCUT2D eigenvalue weighted by Gasteiger charge is -2.30. The van der Waals surface area contributed by atoms with E-state index in [1.54, 1.807) is 32.0 Å². The Labute approximate surface area is 101 Å². The van der Waals surface area contributed by atoms with Gasteiger partial charge in [0.25, 0.3) is 0 Å². The fraction of sp³-hybridized carbons (Fsp3) is 0.462. The number of hydrogen-bond acceptors (Lipinski definition) is 2. The third kappa shape index (κ3) is 2.82. The second-order valence-electron chi connectivity index (χ2n) is 4.59. The smallest absolute Gasteiger partial charge is 0.233 e. The van der Waals surface area contributed by atoms with Crippen LogP contribution in [0.2, 0.25) is 0 Å². The molecule has 94 valence electrons. The molecule has 0 aliphatic carbocycles. The van der Waals surface area contributed by atoms with Crippen LogP contribution < -0.4 is 10.6 Å². The summed E-state index contributed by atoms with van der Waals surface area (Å²) in [5, 5.41) is 0. The first-order valence-electron chi connectivity index (χ1n) is 5.70. The highest BCUT2D eigenvalue weighted by Gasteiger charge is 2.31. The highest BCUT2D eigenvalue weighted by Crippen LogP contribution is 2.24. The predicted octanol–water partition coefficient (Wildman–Crippen LogP) is 2.16. The first-order chi connectivity index (χ1) is 7.94. The van der Waals surface area contributed by atoms with Crippen LogP contribution in [0, 0.1) is 11.2 Å².